The molecule has 0 saturated carbocycles. The van der Waals surface area contributed by atoms with Gasteiger partial charge in [0.25, 0.3) is 0 Å². The van der Waals surface area contributed by atoms with E-state index in [0.717, 1.165) is 55.3 Å². The summed E-state index contributed by atoms with van der Waals surface area (Å²) >= 11 is 0. The number of likely N-dealkylation sites (tertiary alicyclic amines) is 1. The molecule has 9 heteroatoms. The highest BCUT2D eigenvalue weighted by Crippen LogP contribution is 2.21. The first-order valence-corrected chi connectivity index (χ1v) is 12.8. The summed E-state index contributed by atoms with van der Waals surface area (Å²) in [5, 5.41) is 3.26. The molecule has 4 heterocycles. The number of rotatable bonds is 8. The standard InChI is InChI=1S/C29H31N7O2/c1-20-4-3-5-24(32-20)28-31-15-11-26(35-28)33-25-10-14-30-27(34-25)18-21-6-8-22(9-7-21)19-36-16-12-23(13-17-36)29(37)38-2/h3-11,14-15,23H,12-13,16-19H2,1-2H3,(H,30,31,33,34,35). The summed E-state index contributed by atoms with van der Waals surface area (Å²) in [5.41, 5.74) is 4.04. The molecule has 9 nitrogen and oxygen atoms in total. The summed E-state index contributed by atoms with van der Waals surface area (Å²) < 4.78 is 4.89. The van der Waals surface area contributed by atoms with Gasteiger partial charge in [-0.3, -0.25) is 9.69 Å². The molecule has 0 unspecified atom stereocenters. The van der Waals surface area contributed by atoms with Gasteiger partial charge in [-0.2, -0.15) is 0 Å². The number of anilines is 2. The highest BCUT2D eigenvalue weighted by molar-refractivity contribution is 5.72. The number of carbonyl (C=O) groups is 1. The fraction of sp³-hybridized carbons (Fsp3) is 0.310. The number of carbonyl (C=O) groups excluding carboxylic acids is 1. The van der Waals surface area contributed by atoms with E-state index in [2.05, 4.69) is 59.4 Å². The summed E-state index contributed by atoms with van der Waals surface area (Å²) in [6.45, 7) is 4.64. The molecule has 1 aromatic carbocycles. The van der Waals surface area contributed by atoms with Gasteiger partial charge in [0.15, 0.2) is 5.82 Å². The van der Waals surface area contributed by atoms with Crippen LogP contribution in [0.1, 0.15) is 35.5 Å². The van der Waals surface area contributed by atoms with Gasteiger partial charge in [-0.1, -0.05) is 30.3 Å². The van der Waals surface area contributed by atoms with E-state index in [0.29, 0.717) is 23.9 Å². The predicted molar refractivity (Wildman–Crippen MR) is 145 cm³/mol. The fourth-order valence-electron chi connectivity index (χ4n) is 4.60. The van der Waals surface area contributed by atoms with Gasteiger partial charge in [0.1, 0.15) is 23.2 Å². The highest BCUT2D eigenvalue weighted by atomic mass is 16.5. The average molecular weight is 510 g/mol. The predicted octanol–water partition coefficient (Wildman–Crippen LogP) is 4.36. The van der Waals surface area contributed by atoms with E-state index in [9.17, 15) is 4.79 Å². The Kier molecular flexibility index (Phi) is 7.94. The first kappa shape index (κ1) is 25.4. The monoisotopic (exact) mass is 509 g/mol. The molecule has 0 radical (unpaired) electrons. The number of hydrogen-bond acceptors (Lipinski definition) is 9. The van der Waals surface area contributed by atoms with E-state index in [4.69, 9.17) is 4.74 Å². The Morgan fingerprint density at radius 1 is 0.921 bits per heavy atom. The number of nitrogens with one attached hydrogen (secondary N) is 1. The number of ether oxygens (including phenoxy) is 1. The summed E-state index contributed by atoms with van der Waals surface area (Å²) in [6, 6.07) is 18.0. The minimum absolute atomic E-state index is 0.0328. The lowest BCUT2D eigenvalue weighted by molar-refractivity contribution is -0.147. The van der Waals surface area contributed by atoms with Crippen molar-refractivity contribution in [1.29, 1.82) is 0 Å². The van der Waals surface area contributed by atoms with Crippen molar-refractivity contribution in [3.05, 3.63) is 89.6 Å². The molecule has 5 rings (SSSR count). The minimum atomic E-state index is -0.0863. The molecule has 1 aliphatic heterocycles. The smallest absolute Gasteiger partial charge is 0.308 e. The molecule has 1 aliphatic rings. The van der Waals surface area contributed by atoms with Crippen molar-refractivity contribution in [2.75, 3.05) is 25.5 Å². The lowest BCUT2D eigenvalue weighted by Gasteiger charge is -2.30. The van der Waals surface area contributed by atoms with Crippen LogP contribution >= 0.6 is 0 Å². The average Bonchev–Trinajstić information content (AvgIpc) is 2.94. The van der Waals surface area contributed by atoms with Crippen molar-refractivity contribution in [1.82, 2.24) is 29.8 Å². The Bertz CT molecular complexity index is 1390. The van der Waals surface area contributed by atoms with E-state index < -0.39 is 0 Å². The maximum absolute atomic E-state index is 11.7. The largest absolute Gasteiger partial charge is 0.469 e. The number of aryl methyl sites for hydroxylation is 1. The summed E-state index contributed by atoms with van der Waals surface area (Å²) in [6.07, 6.45) is 5.79. The molecular weight excluding hydrogens is 478 g/mol. The maximum atomic E-state index is 11.7. The van der Waals surface area contributed by atoms with Crippen molar-refractivity contribution in [3.63, 3.8) is 0 Å². The van der Waals surface area contributed by atoms with Crippen LogP contribution in [0.3, 0.4) is 0 Å². The van der Waals surface area contributed by atoms with Crippen LogP contribution in [0.5, 0.6) is 0 Å². The number of hydrogen-bond donors (Lipinski definition) is 1. The Labute approximate surface area is 222 Å². The molecule has 0 amide bonds. The Hall–Kier alpha value is -4.24. The van der Waals surface area contributed by atoms with E-state index >= 15 is 0 Å². The van der Waals surface area contributed by atoms with Crippen molar-refractivity contribution in [2.24, 2.45) is 5.92 Å². The van der Waals surface area contributed by atoms with Gasteiger partial charge in [-0.25, -0.2) is 24.9 Å². The number of esters is 1. The van der Waals surface area contributed by atoms with E-state index in [-0.39, 0.29) is 11.9 Å². The van der Waals surface area contributed by atoms with Crippen molar-refractivity contribution in [3.8, 4) is 11.5 Å². The minimum Gasteiger partial charge on any atom is -0.469 e. The second kappa shape index (κ2) is 11.9. The SMILES string of the molecule is COC(=O)C1CCN(Cc2ccc(Cc3nccc(Nc4ccnc(-c5cccc(C)n5)n4)n3)cc2)CC1. The lowest BCUT2D eigenvalue weighted by Crippen LogP contribution is -2.36. The summed E-state index contributed by atoms with van der Waals surface area (Å²) in [4.78, 5) is 36.7. The molecule has 0 bridgehead atoms. The molecule has 38 heavy (non-hydrogen) atoms. The first-order valence-electron chi connectivity index (χ1n) is 12.8. The Morgan fingerprint density at radius 3 is 2.37 bits per heavy atom. The van der Waals surface area contributed by atoms with E-state index in [1.807, 2.05) is 31.2 Å². The van der Waals surface area contributed by atoms with E-state index in [1.165, 1.54) is 12.7 Å². The molecule has 1 N–H and O–H groups in total. The second-order valence-electron chi connectivity index (χ2n) is 9.48. The van der Waals surface area contributed by atoms with Crippen LogP contribution < -0.4 is 5.32 Å². The number of piperidine rings is 1. The third kappa shape index (κ3) is 6.54. The Morgan fingerprint density at radius 2 is 1.63 bits per heavy atom. The van der Waals surface area contributed by atoms with Crippen molar-refractivity contribution in [2.45, 2.75) is 32.7 Å². The summed E-state index contributed by atoms with van der Waals surface area (Å²) in [5.74, 6) is 2.54. The molecular formula is C29H31N7O2. The van der Waals surface area contributed by atoms with Crippen LogP contribution in [0.4, 0.5) is 11.6 Å². The zero-order chi connectivity index (χ0) is 26.3. The topological polar surface area (TPSA) is 106 Å². The van der Waals surface area contributed by atoms with Crippen molar-refractivity contribution >= 4 is 17.6 Å². The molecule has 3 aromatic heterocycles. The maximum Gasteiger partial charge on any atom is 0.308 e. The van der Waals surface area contributed by atoms with Gasteiger partial charge in [0.2, 0.25) is 0 Å². The zero-order valence-corrected chi connectivity index (χ0v) is 21.7. The summed E-state index contributed by atoms with van der Waals surface area (Å²) in [7, 11) is 1.46. The van der Waals surface area contributed by atoms with E-state index in [1.54, 1.807) is 18.5 Å². The number of aromatic nitrogens is 5. The second-order valence-corrected chi connectivity index (χ2v) is 9.48. The third-order valence-electron chi connectivity index (χ3n) is 6.65. The van der Waals surface area contributed by atoms with Gasteiger partial charge in [-0.15, -0.1) is 0 Å². The number of pyridine rings is 1. The molecule has 4 aromatic rings. The fourth-order valence-corrected chi connectivity index (χ4v) is 4.60. The van der Waals surface area contributed by atoms with Gasteiger partial charge in [-0.05, 0) is 68.2 Å². The van der Waals surface area contributed by atoms with Gasteiger partial charge >= 0.3 is 5.97 Å². The lowest BCUT2D eigenvalue weighted by atomic mass is 9.96. The van der Waals surface area contributed by atoms with Crippen molar-refractivity contribution < 1.29 is 9.53 Å². The van der Waals surface area contributed by atoms with Crippen LogP contribution in [0.25, 0.3) is 11.5 Å². The Balaban J connectivity index is 1.18. The first-order chi connectivity index (χ1) is 18.6. The third-order valence-corrected chi connectivity index (χ3v) is 6.65. The van der Waals surface area contributed by atoms with Crippen LogP contribution in [0.15, 0.2) is 67.0 Å². The number of nitrogens with zero attached hydrogens (tertiary/aromatic N) is 6. The number of benzene rings is 1. The quantitative estimate of drug-likeness (QED) is 0.347. The molecule has 0 atom stereocenters. The van der Waals surface area contributed by atoms with Crippen LogP contribution in [-0.4, -0.2) is 56.0 Å². The molecule has 1 saturated heterocycles. The molecule has 194 valence electrons. The van der Waals surface area contributed by atoms with Crippen LogP contribution in [0, 0.1) is 12.8 Å². The number of methoxy groups -OCH3 is 1. The van der Waals surface area contributed by atoms with Crippen LogP contribution in [-0.2, 0) is 22.5 Å². The van der Waals surface area contributed by atoms with Gasteiger partial charge in [0, 0.05) is 31.1 Å². The highest BCUT2D eigenvalue weighted by Gasteiger charge is 2.25. The van der Waals surface area contributed by atoms with Gasteiger partial charge < -0.3 is 10.1 Å². The molecule has 0 spiro atoms. The van der Waals surface area contributed by atoms with Gasteiger partial charge in [0.05, 0.1) is 13.0 Å². The molecule has 0 aliphatic carbocycles. The molecule has 1 fully saturated rings. The normalized spacial score (nSPS) is 14.3. The zero-order valence-electron chi connectivity index (χ0n) is 21.7. The van der Waals surface area contributed by atoms with Crippen LogP contribution in [0.2, 0.25) is 0 Å².